The summed E-state index contributed by atoms with van der Waals surface area (Å²) in [5, 5.41) is 21.7. The molecule has 1 aliphatic rings. The number of halogens is 1. The van der Waals surface area contributed by atoms with Gasteiger partial charge in [0, 0.05) is 19.5 Å². The van der Waals surface area contributed by atoms with E-state index in [4.69, 9.17) is 22.4 Å². The number of anilines is 2. The third kappa shape index (κ3) is 4.42. The summed E-state index contributed by atoms with van der Waals surface area (Å²) in [6, 6.07) is 5.66. The van der Waals surface area contributed by atoms with E-state index < -0.39 is 12.0 Å². The minimum atomic E-state index is -0.885. The molecule has 2 aromatic heterocycles. The second-order valence-corrected chi connectivity index (χ2v) is 8.90. The largest absolute Gasteiger partial charge is 0.465 e. The molecular formula is C21H24ClN7O3S. The number of rotatable bonds is 6. The second kappa shape index (κ2) is 9.44. The molecule has 33 heavy (non-hydrogen) atoms. The molecule has 3 heterocycles. The lowest BCUT2D eigenvalue weighted by molar-refractivity contribution is 0.100. The van der Waals surface area contributed by atoms with Gasteiger partial charge in [0.05, 0.1) is 10.7 Å². The van der Waals surface area contributed by atoms with Gasteiger partial charge in [-0.2, -0.15) is 0 Å². The van der Waals surface area contributed by atoms with E-state index in [-0.39, 0.29) is 17.3 Å². The number of hydrogen-bond acceptors (Lipinski definition) is 7. The predicted octanol–water partition coefficient (Wildman–Crippen LogP) is 3.76. The third-order valence-corrected chi connectivity index (χ3v) is 6.77. The molecule has 0 unspecified atom stereocenters. The van der Waals surface area contributed by atoms with Gasteiger partial charge in [-0.15, -0.1) is 10.2 Å². The second-order valence-electron chi connectivity index (χ2n) is 7.72. The van der Waals surface area contributed by atoms with Crippen molar-refractivity contribution in [2.45, 2.75) is 37.3 Å². The highest BCUT2D eigenvalue weighted by Crippen LogP contribution is 2.35. The number of aromatic nitrogens is 4. The Hall–Kier alpha value is -3.05. The Morgan fingerprint density at radius 1 is 1.30 bits per heavy atom. The molecule has 174 valence electrons. The van der Waals surface area contributed by atoms with Gasteiger partial charge in [-0.25, -0.2) is 9.78 Å². The fourth-order valence-electron chi connectivity index (χ4n) is 4.09. The van der Waals surface area contributed by atoms with Gasteiger partial charge in [-0.05, 0) is 42.7 Å². The molecule has 1 aromatic carbocycles. The van der Waals surface area contributed by atoms with E-state index in [0.29, 0.717) is 46.8 Å². The van der Waals surface area contributed by atoms with Crippen LogP contribution >= 0.6 is 23.4 Å². The van der Waals surface area contributed by atoms with Crippen molar-refractivity contribution in [2.24, 2.45) is 5.73 Å². The molecule has 1 saturated heterocycles. The number of nitrogens with two attached hydrogens (primary N) is 1. The van der Waals surface area contributed by atoms with Crippen LogP contribution in [0.25, 0.3) is 5.65 Å². The molecule has 0 bridgehead atoms. The maximum Gasteiger partial charge on any atom is 0.407 e. The number of primary amides is 1. The topological polar surface area (TPSA) is 139 Å². The Bertz CT molecular complexity index is 1220. The van der Waals surface area contributed by atoms with Crippen LogP contribution in [0.2, 0.25) is 5.02 Å². The van der Waals surface area contributed by atoms with Gasteiger partial charge in [-0.1, -0.05) is 36.4 Å². The summed E-state index contributed by atoms with van der Waals surface area (Å²) < 4.78 is 1.74. The van der Waals surface area contributed by atoms with Crippen LogP contribution in [0.1, 0.15) is 47.4 Å². The zero-order chi connectivity index (χ0) is 23.7. The number of hydrogen-bond donors (Lipinski definition) is 3. The Kier molecular flexibility index (Phi) is 6.61. The predicted molar refractivity (Wildman–Crippen MR) is 127 cm³/mol. The molecule has 0 aliphatic carbocycles. The number of nitrogens with zero attached hydrogens (tertiary/aromatic N) is 5. The number of amides is 2. The minimum Gasteiger partial charge on any atom is -0.465 e. The minimum absolute atomic E-state index is 0.140. The van der Waals surface area contributed by atoms with Crippen molar-refractivity contribution in [1.82, 2.24) is 24.5 Å². The fraction of sp³-hybridized carbons (Fsp3) is 0.381. The van der Waals surface area contributed by atoms with E-state index in [1.807, 2.05) is 31.4 Å². The van der Waals surface area contributed by atoms with Gasteiger partial charge in [0.2, 0.25) is 0 Å². The lowest BCUT2D eigenvalue weighted by Gasteiger charge is -2.30. The summed E-state index contributed by atoms with van der Waals surface area (Å²) in [5.74, 6) is 0.510. The molecule has 2 amide bonds. The number of likely N-dealkylation sites (tertiary alicyclic amines) is 1. The van der Waals surface area contributed by atoms with Gasteiger partial charge in [0.25, 0.3) is 5.91 Å². The van der Waals surface area contributed by atoms with Crippen molar-refractivity contribution in [3.63, 3.8) is 0 Å². The monoisotopic (exact) mass is 489 g/mol. The lowest BCUT2D eigenvalue weighted by atomic mass is 9.89. The summed E-state index contributed by atoms with van der Waals surface area (Å²) in [4.78, 5) is 29.5. The first-order chi connectivity index (χ1) is 15.8. The molecule has 3 aromatic rings. The molecule has 0 radical (unpaired) electrons. The zero-order valence-electron chi connectivity index (χ0n) is 18.2. The van der Waals surface area contributed by atoms with Crippen molar-refractivity contribution in [3.05, 3.63) is 40.2 Å². The standard InChI is InChI=1S/C21H24ClN7O3S/c1-3-15-26-27-19-16(17(23)30)18(25-20(33-2)29(15)19)24-14-5-4-12(10-13(14)22)11-6-8-28(9-7-11)21(31)32/h4-5,10-11,24H,3,6-9H2,1-2H3,(H2,23,30)(H,31,32). The van der Waals surface area contributed by atoms with Crippen molar-refractivity contribution in [2.75, 3.05) is 24.7 Å². The molecule has 0 atom stereocenters. The SMILES string of the molecule is CCc1nnc2c(C(N)=O)c(Nc3ccc(C4CCN(C(=O)O)CC4)cc3Cl)nc(SC)n12. The van der Waals surface area contributed by atoms with E-state index in [2.05, 4.69) is 20.5 Å². The summed E-state index contributed by atoms with van der Waals surface area (Å²) in [7, 11) is 0. The van der Waals surface area contributed by atoms with Crippen LogP contribution in [0.15, 0.2) is 23.4 Å². The zero-order valence-corrected chi connectivity index (χ0v) is 19.8. The van der Waals surface area contributed by atoms with Crippen molar-refractivity contribution < 1.29 is 14.7 Å². The van der Waals surface area contributed by atoms with Crippen LogP contribution in [0.4, 0.5) is 16.3 Å². The van der Waals surface area contributed by atoms with Crippen LogP contribution < -0.4 is 11.1 Å². The van der Waals surface area contributed by atoms with E-state index in [1.54, 1.807) is 4.40 Å². The molecule has 4 rings (SSSR count). The van der Waals surface area contributed by atoms with Gasteiger partial charge in [0.15, 0.2) is 10.8 Å². The van der Waals surface area contributed by atoms with Crippen LogP contribution in [-0.2, 0) is 6.42 Å². The molecule has 4 N–H and O–H groups in total. The number of thioether (sulfide) groups is 1. The number of nitrogens with one attached hydrogen (secondary N) is 1. The number of carboxylic acid groups (broad SMARTS) is 1. The van der Waals surface area contributed by atoms with E-state index in [9.17, 15) is 9.59 Å². The smallest absolute Gasteiger partial charge is 0.407 e. The maximum atomic E-state index is 12.3. The van der Waals surface area contributed by atoms with Crippen molar-refractivity contribution in [1.29, 1.82) is 0 Å². The Morgan fingerprint density at radius 2 is 2.03 bits per heavy atom. The molecule has 1 fully saturated rings. The first-order valence-corrected chi connectivity index (χ1v) is 12.1. The quantitative estimate of drug-likeness (QED) is 0.351. The van der Waals surface area contributed by atoms with Gasteiger partial charge in [-0.3, -0.25) is 9.20 Å². The highest BCUT2D eigenvalue weighted by atomic mass is 35.5. The van der Waals surface area contributed by atoms with Gasteiger partial charge >= 0.3 is 6.09 Å². The maximum absolute atomic E-state index is 12.3. The average molecular weight is 490 g/mol. The molecule has 0 saturated carbocycles. The summed E-state index contributed by atoms with van der Waals surface area (Å²) in [5.41, 5.74) is 7.79. The van der Waals surface area contributed by atoms with Crippen molar-refractivity contribution in [3.8, 4) is 0 Å². The first-order valence-electron chi connectivity index (χ1n) is 10.5. The fourth-order valence-corrected chi connectivity index (χ4v) is 4.88. The molecule has 10 nitrogen and oxygen atoms in total. The Balaban J connectivity index is 1.65. The average Bonchev–Trinajstić information content (AvgIpc) is 3.23. The lowest BCUT2D eigenvalue weighted by Crippen LogP contribution is -2.36. The van der Waals surface area contributed by atoms with Crippen molar-refractivity contribution >= 4 is 52.5 Å². The molecule has 12 heteroatoms. The summed E-state index contributed by atoms with van der Waals surface area (Å²) in [6.07, 6.45) is 3.10. The van der Waals surface area contributed by atoms with E-state index in [1.165, 1.54) is 16.7 Å². The Morgan fingerprint density at radius 3 is 2.61 bits per heavy atom. The molecular weight excluding hydrogens is 466 g/mol. The number of aryl methyl sites for hydroxylation is 1. The molecule has 1 aliphatic heterocycles. The number of fused-ring (bicyclic) bond motifs is 1. The summed E-state index contributed by atoms with van der Waals surface area (Å²) >= 11 is 7.98. The molecule has 0 spiro atoms. The van der Waals surface area contributed by atoms with Gasteiger partial charge in [0.1, 0.15) is 17.2 Å². The highest BCUT2D eigenvalue weighted by molar-refractivity contribution is 7.98. The van der Waals surface area contributed by atoms with Crippen LogP contribution in [0.5, 0.6) is 0 Å². The van der Waals surface area contributed by atoms with Crippen LogP contribution in [0.3, 0.4) is 0 Å². The number of piperidine rings is 1. The Labute approximate surface area is 199 Å². The number of carbonyl (C=O) groups is 2. The van der Waals surface area contributed by atoms with Crippen LogP contribution in [0, 0.1) is 0 Å². The van der Waals surface area contributed by atoms with E-state index >= 15 is 0 Å². The van der Waals surface area contributed by atoms with Gasteiger partial charge < -0.3 is 21.1 Å². The van der Waals surface area contributed by atoms with Crippen LogP contribution in [-0.4, -0.2) is 60.9 Å². The first kappa shape index (κ1) is 23.1. The number of carbonyl (C=O) groups excluding carboxylic acids is 1. The number of benzene rings is 1. The summed E-state index contributed by atoms with van der Waals surface area (Å²) in [6.45, 7) is 2.95. The van der Waals surface area contributed by atoms with E-state index in [0.717, 1.165) is 18.4 Å². The third-order valence-electron chi connectivity index (χ3n) is 5.82. The highest BCUT2D eigenvalue weighted by Gasteiger charge is 2.25. The normalized spacial score (nSPS) is 14.6.